The standard InChI is InChI=1S/C21H36N4O3/c1-21(2,3)18-13-23-19(28-18)14-24-20(22-4)25-10-8-16(9-11-25)27-15-17-7-5-6-12-26-17/h13,16-17H,5-12,14-15H2,1-4H3,(H,22,24). The van der Waals surface area contributed by atoms with Crippen molar-refractivity contribution in [3.63, 3.8) is 0 Å². The number of ether oxygens (including phenoxy) is 2. The van der Waals surface area contributed by atoms with Crippen molar-refractivity contribution in [2.75, 3.05) is 33.4 Å². The summed E-state index contributed by atoms with van der Waals surface area (Å²) in [5, 5.41) is 3.38. The number of likely N-dealkylation sites (tertiary alicyclic amines) is 1. The summed E-state index contributed by atoms with van der Waals surface area (Å²) in [6.45, 7) is 10.4. The summed E-state index contributed by atoms with van der Waals surface area (Å²) in [5.74, 6) is 2.49. The summed E-state index contributed by atoms with van der Waals surface area (Å²) in [5.41, 5.74) is -0.0303. The Balaban J connectivity index is 1.40. The van der Waals surface area contributed by atoms with Gasteiger partial charge in [-0.2, -0.15) is 0 Å². The van der Waals surface area contributed by atoms with E-state index in [1.54, 1.807) is 0 Å². The summed E-state index contributed by atoms with van der Waals surface area (Å²) < 4.78 is 17.7. The Kier molecular flexibility index (Phi) is 7.35. The highest BCUT2D eigenvalue weighted by atomic mass is 16.5. The number of aliphatic imine (C=N–C) groups is 1. The maximum atomic E-state index is 6.11. The normalized spacial score (nSPS) is 22.5. The number of piperidine rings is 1. The summed E-state index contributed by atoms with van der Waals surface area (Å²) in [6, 6.07) is 0. The summed E-state index contributed by atoms with van der Waals surface area (Å²) in [4.78, 5) is 11.1. The van der Waals surface area contributed by atoms with Gasteiger partial charge in [0.1, 0.15) is 5.76 Å². The lowest BCUT2D eigenvalue weighted by atomic mass is 9.94. The second-order valence-corrected chi connectivity index (χ2v) is 8.78. The Bertz CT molecular complexity index is 624. The number of hydrogen-bond donors (Lipinski definition) is 1. The SMILES string of the molecule is CN=C(NCc1ncc(C(C)(C)C)o1)N1CCC(OCC2CCCCO2)CC1. The van der Waals surface area contributed by atoms with Crippen molar-refractivity contribution >= 4 is 5.96 Å². The second kappa shape index (κ2) is 9.74. The molecule has 3 heterocycles. The first kappa shape index (κ1) is 21.1. The quantitative estimate of drug-likeness (QED) is 0.613. The molecule has 0 radical (unpaired) electrons. The number of aromatic nitrogens is 1. The van der Waals surface area contributed by atoms with Crippen LogP contribution >= 0.6 is 0 Å². The first-order valence-electron chi connectivity index (χ1n) is 10.6. The largest absolute Gasteiger partial charge is 0.443 e. The molecule has 1 aromatic heterocycles. The van der Waals surface area contributed by atoms with E-state index >= 15 is 0 Å². The molecular weight excluding hydrogens is 356 g/mol. The van der Waals surface area contributed by atoms with Crippen LogP contribution in [0, 0.1) is 0 Å². The van der Waals surface area contributed by atoms with E-state index < -0.39 is 0 Å². The van der Waals surface area contributed by atoms with Crippen molar-refractivity contribution in [2.45, 2.75) is 77.0 Å². The first-order chi connectivity index (χ1) is 13.5. The lowest BCUT2D eigenvalue weighted by Crippen LogP contribution is -2.47. The van der Waals surface area contributed by atoms with Crippen LogP contribution in [0.4, 0.5) is 0 Å². The molecule has 1 N–H and O–H groups in total. The average molecular weight is 393 g/mol. The predicted octanol–water partition coefficient (Wildman–Crippen LogP) is 3.10. The van der Waals surface area contributed by atoms with Crippen LogP contribution in [0.5, 0.6) is 0 Å². The van der Waals surface area contributed by atoms with Crippen LogP contribution in [0.2, 0.25) is 0 Å². The van der Waals surface area contributed by atoms with Gasteiger partial charge in [0.05, 0.1) is 31.6 Å². The molecule has 28 heavy (non-hydrogen) atoms. The maximum absolute atomic E-state index is 6.11. The Morgan fingerprint density at radius 3 is 2.68 bits per heavy atom. The highest BCUT2D eigenvalue weighted by molar-refractivity contribution is 5.79. The Labute approximate surface area is 168 Å². The lowest BCUT2D eigenvalue weighted by molar-refractivity contribution is -0.0721. The third-order valence-electron chi connectivity index (χ3n) is 5.44. The molecule has 1 atom stereocenters. The van der Waals surface area contributed by atoms with Gasteiger partial charge >= 0.3 is 0 Å². The molecule has 0 amide bonds. The molecule has 0 bridgehead atoms. The molecule has 7 heteroatoms. The van der Waals surface area contributed by atoms with Crippen molar-refractivity contribution in [1.29, 1.82) is 0 Å². The van der Waals surface area contributed by atoms with Crippen LogP contribution < -0.4 is 5.32 Å². The van der Waals surface area contributed by atoms with Gasteiger partial charge in [-0.15, -0.1) is 0 Å². The molecule has 0 aliphatic carbocycles. The molecular formula is C21H36N4O3. The Morgan fingerprint density at radius 1 is 1.29 bits per heavy atom. The van der Waals surface area contributed by atoms with Gasteiger partial charge in [-0.3, -0.25) is 4.99 Å². The third-order valence-corrected chi connectivity index (χ3v) is 5.44. The van der Waals surface area contributed by atoms with Gasteiger partial charge in [-0.05, 0) is 32.1 Å². The smallest absolute Gasteiger partial charge is 0.213 e. The van der Waals surface area contributed by atoms with Crippen molar-refractivity contribution in [1.82, 2.24) is 15.2 Å². The second-order valence-electron chi connectivity index (χ2n) is 8.78. The highest BCUT2D eigenvalue weighted by Crippen LogP contribution is 2.22. The van der Waals surface area contributed by atoms with E-state index in [0.717, 1.165) is 57.3 Å². The molecule has 2 saturated heterocycles. The van der Waals surface area contributed by atoms with Gasteiger partial charge in [0.15, 0.2) is 5.96 Å². The van der Waals surface area contributed by atoms with Crippen LogP contribution in [0.25, 0.3) is 0 Å². The average Bonchev–Trinajstić information content (AvgIpc) is 3.18. The van der Waals surface area contributed by atoms with Crippen LogP contribution in [0.1, 0.15) is 64.5 Å². The van der Waals surface area contributed by atoms with Crippen LogP contribution in [0.3, 0.4) is 0 Å². The van der Waals surface area contributed by atoms with Gasteiger partial charge in [0.2, 0.25) is 5.89 Å². The van der Waals surface area contributed by atoms with Gasteiger partial charge in [0, 0.05) is 32.2 Å². The minimum atomic E-state index is -0.0303. The summed E-state index contributed by atoms with van der Waals surface area (Å²) in [6.07, 6.45) is 8.04. The fraction of sp³-hybridized carbons (Fsp3) is 0.810. The number of nitrogens with zero attached hydrogens (tertiary/aromatic N) is 3. The summed E-state index contributed by atoms with van der Waals surface area (Å²) in [7, 11) is 1.82. The van der Waals surface area contributed by atoms with Gasteiger partial charge in [0.25, 0.3) is 0 Å². The highest BCUT2D eigenvalue weighted by Gasteiger charge is 2.24. The zero-order valence-electron chi connectivity index (χ0n) is 17.9. The topological polar surface area (TPSA) is 72.1 Å². The van der Waals surface area contributed by atoms with E-state index in [0.29, 0.717) is 24.6 Å². The van der Waals surface area contributed by atoms with E-state index in [-0.39, 0.29) is 5.41 Å². The zero-order chi connectivity index (χ0) is 20.0. The fourth-order valence-corrected chi connectivity index (χ4v) is 3.64. The van der Waals surface area contributed by atoms with E-state index in [1.165, 1.54) is 12.8 Å². The number of nitrogens with one attached hydrogen (secondary N) is 1. The van der Waals surface area contributed by atoms with E-state index in [2.05, 4.69) is 41.0 Å². The molecule has 0 aromatic carbocycles. The number of rotatable bonds is 5. The Morgan fingerprint density at radius 2 is 2.07 bits per heavy atom. The van der Waals surface area contributed by atoms with Crippen LogP contribution in [-0.4, -0.2) is 61.4 Å². The minimum absolute atomic E-state index is 0.0303. The molecule has 2 aliphatic rings. The zero-order valence-corrected chi connectivity index (χ0v) is 17.9. The van der Waals surface area contributed by atoms with Crippen molar-refractivity contribution in [2.24, 2.45) is 4.99 Å². The lowest BCUT2D eigenvalue weighted by Gasteiger charge is -2.34. The van der Waals surface area contributed by atoms with Crippen LogP contribution in [-0.2, 0) is 21.4 Å². The number of oxazole rings is 1. The number of guanidine groups is 1. The van der Waals surface area contributed by atoms with E-state index in [9.17, 15) is 0 Å². The van der Waals surface area contributed by atoms with Gasteiger partial charge in [-0.1, -0.05) is 20.8 Å². The monoisotopic (exact) mass is 392 g/mol. The van der Waals surface area contributed by atoms with Crippen molar-refractivity contribution in [3.8, 4) is 0 Å². The minimum Gasteiger partial charge on any atom is -0.443 e. The van der Waals surface area contributed by atoms with Crippen molar-refractivity contribution < 1.29 is 13.9 Å². The first-order valence-corrected chi connectivity index (χ1v) is 10.6. The number of hydrogen-bond acceptors (Lipinski definition) is 5. The predicted molar refractivity (Wildman–Crippen MR) is 110 cm³/mol. The molecule has 7 nitrogen and oxygen atoms in total. The Hall–Kier alpha value is -1.60. The summed E-state index contributed by atoms with van der Waals surface area (Å²) >= 11 is 0. The molecule has 158 valence electrons. The molecule has 1 unspecified atom stereocenters. The molecule has 0 saturated carbocycles. The molecule has 0 spiro atoms. The molecule has 3 rings (SSSR count). The third kappa shape index (κ3) is 5.95. The van der Waals surface area contributed by atoms with Crippen molar-refractivity contribution in [3.05, 3.63) is 17.8 Å². The van der Waals surface area contributed by atoms with E-state index in [1.807, 2.05) is 13.2 Å². The van der Waals surface area contributed by atoms with Gasteiger partial charge < -0.3 is 24.1 Å². The fourth-order valence-electron chi connectivity index (χ4n) is 3.64. The van der Waals surface area contributed by atoms with Gasteiger partial charge in [-0.25, -0.2) is 4.98 Å². The molecule has 2 fully saturated rings. The molecule has 2 aliphatic heterocycles. The maximum Gasteiger partial charge on any atom is 0.213 e. The van der Waals surface area contributed by atoms with E-state index in [4.69, 9.17) is 13.9 Å². The van der Waals surface area contributed by atoms with Crippen LogP contribution in [0.15, 0.2) is 15.6 Å². The molecule has 1 aromatic rings.